The van der Waals surface area contributed by atoms with Crippen molar-refractivity contribution in [2.24, 2.45) is 11.8 Å². The van der Waals surface area contributed by atoms with Gasteiger partial charge in [-0.3, -0.25) is 9.59 Å². The Bertz CT molecular complexity index is 474. The van der Waals surface area contributed by atoms with Gasteiger partial charge in [0.15, 0.2) is 5.76 Å². The molecule has 0 aliphatic carbocycles. The normalized spacial score (nSPS) is 17.8. The van der Waals surface area contributed by atoms with Gasteiger partial charge < -0.3 is 14.6 Å². The van der Waals surface area contributed by atoms with Gasteiger partial charge in [0.2, 0.25) is 5.91 Å². The Balaban J connectivity index is 1.83. The van der Waals surface area contributed by atoms with Crippen molar-refractivity contribution in [2.45, 2.75) is 39.7 Å². The summed E-state index contributed by atoms with van der Waals surface area (Å²) in [7, 11) is 0. The zero-order valence-electron chi connectivity index (χ0n) is 13.0. The minimum Gasteiger partial charge on any atom is -0.459 e. The Morgan fingerprint density at radius 1 is 1.29 bits per heavy atom. The van der Waals surface area contributed by atoms with Crippen molar-refractivity contribution in [1.82, 2.24) is 10.2 Å². The standard InChI is InChI=1S/C16H24N2O3/c1-11(2)12(3)17-15(19)13-6-8-18(9-7-13)16(20)14-5-4-10-21-14/h4-5,10-13H,6-9H2,1-3H3,(H,17,19). The SMILES string of the molecule is CC(C)C(C)NC(=O)C1CCN(C(=O)c2ccco2)CC1. The van der Waals surface area contributed by atoms with Crippen LogP contribution in [0.4, 0.5) is 0 Å². The van der Waals surface area contributed by atoms with Crippen molar-refractivity contribution >= 4 is 11.8 Å². The van der Waals surface area contributed by atoms with Crippen molar-refractivity contribution in [1.29, 1.82) is 0 Å². The van der Waals surface area contributed by atoms with Gasteiger partial charge in [-0.25, -0.2) is 0 Å². The molecular weight excluding hydrogens is 268 g/mol. The molecule has 1 fully saturated rings. The van der Waals surface area contributed by atoms with Crippen LogP contribution in [0.2, 0.25) is 0 Å². The second-order valence-electron chi connectivity index (χ2n) is 6.09. The molecule has 5 heteroatoms. The topological polar surface area (TPSA) is 62.6 Å². The van der Waals surface area contributed by atoms with Crippen LogP contribution in [0.1, 0.15) is 44.2 Å². The predicted octanol–water partition coefficient (Wildman–Crippen LogP) is 2.29. The number of furan rings is 1. The monoisotopic (exact) mass is 292 g/mol. The lowest BCUT2D eigenvalue weighted by molar-refractivity contribution is -0.127. The Labute approximate surface area is 125 Å². The lowest BCUT2D eigenvalue weighted by Crippen LogP contribution is -2.45. The molecule has 1 saturated heterocycles. The van der Waals surface area contributed by atoms with Gasteiger partial charge >= 0.3 is 0 Å². The fourth-order valence-corrected chi connectivity index (χ4v) is 2.41. The summed E-state index contributed by atoms with van der Waals surface area (Å²) in [6.07, 6.45) is 2.92. The molecule has 2 rings (SSSR count). The lowest BCUT2D eigenvalue weighted by atomic mass is 9.94. The minimum atomic E-state index is -0.0885. The van der Waals surface area contributed by atoms with Crippen molar-refractivity contribution in [2.75, 3.05) is 13.1 Å². The van der Waals surface area contributed by atoms with Crippen LogP contribution in [0, 0.1) is 11.8 Å². The Morgan fingerprint density at radius 3 is 2.48 bits per heavy atom. The van der Waals surface area contributed by atoms with E-state index in [-0.39, 0.29) is 23.8 Å². The number of amides is 2. The maximum Gasteiger partial charge on any atom is 0.289 e. The third-order valence-electron chi connectivity index (χ3n) is 4.25. The number of rotatable bonds is 4. The highest BCUT2D eigenvalue weighted by Crippen LogP contribution is 2.20. The third-order valence-corrected chi connectivity index (χ3v) is 4.25. The maximum absolute atomic E-state index is 12.2. The van der Waals surface area contributed by atoms with E-state index in [1.807, 2.05) is 6.92 Å². The molecule has 0 saturated carbocycles. The molecule has 21 heavy (non-hydrogen) atoms. The predicted molar refractivity (Wildman–Crippen MR) is 79.8 cm³/mol. The van der Waals surface area contributed by atoms with Crippen LogP contribution in [-0.2, 0) is 4.79 Å². The van der Waals surface area contributed by atoms with Gasteiger partial charge in [-0.15, -0.1) is 0 Å². The van der Waals surface area contributed by atoms with Crippen LogP contribution >= 0.6 is 0 Å². The van der Waals surface area contributed by atoms with Gasteiger partial charge in [0.1, 0.15) is 0 Å². The zero-order chi connectivity index (χ0) is 15.4. The van der Waals surface area contributed by atoms with Gasteiger partial charge in [0.05, 0.1) is 6.26 Å². The van der Waals surface area contributed by atoms with Gasteiger partial charge in [-0.2, -0.15) is 0 Å². The van der Waals surface area contributed by atoms with Crippen LogP contribution in [0.25, 0.3) is 0 Å². The molecule has 1 N–H and O–H groups in total. The first kappa shape index (κ1) is 15.6. The van der Waals surface area contributed by atoms with E-state index in [1.165, 1.54) is 6.26 Å². The summed E-state index contributed by atoms with van der Waals surface area (Å²) >= 11 is 0. The van der Waals surface area contributed by atoms with Crippen LogP contribution in [-0.4, -0.2) is 35.8 Å². The molecule has 0 radical (unpaired) electrons. The molecule has 0 aromatic carbocycles. The minimum absolute atomic E-state index is 0.00634. The highest BCUT2D eigenvalue weighted by Gasteiger charge is 2.29. The molecule has 0 spiro atoms. The van der Waals surface area contributed by atoms with Crippen LogP contribution < -0.4 is 5.32 Å². The Morgan fingerprint density at radius 2 is 1.95 bits per heavy atom. The summed E-state index contributed by atoms with van der Waals surface area (Å²) in [5, 5.41) is 3.06. The second-order valence-corrected chi connectivity index (χ2v) is 6.09. The number of hydrogen-bond donors (Lipinski definition) is 1. The van der Waals surface area contributed by atoms with E-state index in [1.54, 1.807) is 17.0 Å². The van der Waals surface area contributed by atoms with Gasteiger partial charge in [-0.05, 0) is 37.8 Å². The molecule has 116 valence electrons. The zero-order valence-corrected chi connectivity index (χ0v) is 13.0. The molecular formula is C16H24N2O3. The maximum atomic E-state index is 12.2. The van der Waals surface area contributed by atoms with E-state index in [0.29, 0.717) is 37.6 Å². The van der Waals surface area contributed by atoms with E-state index in [9.17, 15) is 9.59 Å². The molecule has 2 amide bonds. The summed E-state index contributed by atoms with van der Waals surface area (Å²) in [6, 6.07) is 3.56. The van der Waals surface area contributed by atoms with Crippen molar-refractivity contribution in [3.05, 3.63) is 24.2 Å². The van der Waals surface area contributed by atoms with Crippen molar-refractivity contribution in [3.63, 3.8) is 0 Å². The van der Waals surface area contributed by atoms with Gasteiger partial charge in [-0.1, -0.05) is 13.8 Å². The van der Waals surface area contributed by atoms with E-state index in [4.69, 9.17) is 4.42 Å². The smallest absolute Gasteiger partial charge is 0.289 e. The molecule has 2 heterocycles. The molecule has 1 aromatic rings. The van der Waals surface area contributed by atoms with Crippen molar-refractivity contribution in [3.8, 4) is 0 Å². The summed E-state index contributed by atoms with van der Waals surface area (Å²) in [4.78, 5) is 26.1. The van der Waals surface area contributed by atoms with Crippen molar-refractivity contribution < 1.29 is 14.0 Å². The number of piperidine rings is 1. The first-order chi connectivity index (χ1) is 9.99. The summed E-state index contributed by atoms with van der Waals surface area (Å²) in [6.45, 7) is 7.42. The highest BCUT2D eigenvalue weighted by atomic mass is 16.3. The molecule has 1 aliphatic rings. The van der Waals surface area contributed by atoms with Gasteiger partial charge in [0, 0.05) is 25.0 Å². The number of carbonyl (C=O) groups is 2. The van der Waals surface area contributed by atoms with E-state index in [0.717, 1.165) is 0 Å². The fraction of sp³-hybridized carbons (Fsp3) is 0.625. The largest absolute Gasteiger partial charge is 0.459 e. The number of likely N-dealkylation sites (tertiary alicyclic amines) is 1. The Kier molecular flexibility index (Phi) is 5.04. The summed E-state index contributed by atoms with van der Waals surface area (Å²) in [5.74, 6) is 0.823. The quantitative estimate of drug-likeness (QED) is 0.926. The molecule has 5 nitrogen and oxygen atoms in total. The number of hydrogen-bond acceptors (Lipinski definition) is 3. The Hall–Kier alpha value is -1.78. The molecule has 0 bridgehead atoms. The average Bonchev–Trinajstić information content (AvgIpc) is 3.00. The van der Waals surface area contributed by atoms with E-state index < -0.39 is 0 Å². The molecule has 1 aromatic heterocycles. The van der Waals surface area contributed by atoms with E-state index >= 15 is 0 Å². The highest BCUT2D eigenvalue weighted by molar-refractivity contribution is 5.91. The van der Waals surface area contributed by atoms with E-state index in [2.05, 4.69) is 19.2 Å². The first-order valence-corrected chi connectivity index (χ1v) is 7.62. The summed E-state index contributed by atoms with van der Waals surface area (Å²) < 4.78 is 5.13. The third kappa shape index (κ3) is 3.86. The molecule has 1 aliphatic heterocycles. The van der Waals surface area contributed by atoms with Crippen LogP contribution in [0.15, 0.2) is 22.8 Å². The van der Waals surface area contributed by atoms with Crippen LogP contribution in [0.5, 0.6) is 0 Å². The second kappa shape index (κ2) is 6.78. The number of nitrogens with zero attached hydrogens (tertiary/aromatic N) is 1. The summed E-state index contributed by atoms with van der Waals surface area (Å²) in [5.41, 5.74) is 0. The lowest BCUT2D eigenvalue weighted by Gasteiger charge is -2.31. The molecule has 1 unspecified atom stereocenters. The fourth-order valence-electron chi connectivity index (χ4n) is 2.41. The van der Waals surface area contributed by atoms with Gasteiger partial charge in [0.25, 0.3) is 5.91 Å². The number of nitrogens with one attached hydrogen (secondary N) is 1. The van der Waals surface area contributed by atoms with Crippen LogP contribution in [0.3, 0.4) is 0 Å². The first-order valence-electron chi connectivity index (χ1n) is 7.62. The molecule has 1 atom stereocenters. The average molecular weight is 292 g/mol. The number of carbonyl (C=O) groups excluding carboxylic acids is 2.